The summed E-state index contributed by atoms with van der Waals surface area (Å²) in [5.74, 6) is 1.63. The van der Waals surface area contributed by atoms with Gasteiger partial charge < -0.3 is 4.74 Å². The average molecular weight is 228 g/mol. The van der Waals surface area contributed by atoms with Crippen LogP contribution in [0.1, 0.15) is 26.7 Å². The lowest BCUT2D eigenvalue weighted by Crippen LogP contribution is -2.08. The van der Waals surface area contributed by atoms with Crippen molar-refractivity contribution in [2.24, 2.45) is 5.92 Å². The minimum atomic E-state index is 0.624. The van der Waals surface area contributed by atoms with Crippen molar-refractivity contribution in [1.29, 1.82) is 0 Å². The summed E-state index contributed by atoms with van der Waals surface area (Å²) in [5.41, 5.74) is 0. The van der Waals surface area contributed by atoms with Crippen LogP contribution >= 0.6 is 0 Å². The first-order valence-electron chi connectivity index (χ1n) is 6.42. The van der Waals surface area contributed by atoms with Crippen molar-refractivity contribution < 1.29 is 4.74 Å². The van der Waals surface area contributed by atoms with Gasteiger partial charge in [0, 0.05) is 5.39 Å². The minimum Gasteiger partial charge on any atom is -0.493 e. The topological polar surface area (TPSA) is 9.23 Å². The van der Waals surface area contributed by atoms with Crippen LogP contribution in [0.5, 0.6) is 5.75 Å². The van der Waals surface area contributed by atoms with E-state index >= 15 is 0 Å². The molecule has 1 unspecified atom stereocenters. The number of benzene rings is 2. The molecule has 2 aromatic carbocycles. The Balaban J connectivity index is 2.13. The number of fused-ring (bicyclic) bond motifs is 1. The second kappa shape index (κ2) is 5.72. The summed E-state index contributed by atoms with van der Waals surface area (Å²) in [5, 5.41) is 2.45. The van der Waals surface area contributed by atoms with Crippen molar-refractivity contribution in [3.05, 3.63) is 42.5 Å². The number of hydrogen-bond acceptors (Lipinski definition) is 1. The van der Waals surface area contributed by atoms with Crippen molar-refractivity contribution in [1.82, 2.24) is 0 Å². The molecule has 0 aliphatic rings. The van der Waals surface area contributed by atoms with E-state index in [9.17, 15) is 0 Å². The molecule has 90 valence electrons. The van der Waals surface area contributed by atoms with E-state index in [1.165, 1.54) is 23.6 Å². The molecule has 0 aliphatic heterocycles. The van der Waals surface area contributed by atoms with Crippen LogP contribution in [-0.2, 0) is 0 Å². The Hall–Kier alpha value is -1.50. The van der Waals surface area contributed by atoms with E-state index in [-0.39, 0.29) is 0 Å². The zero-order valence-electron chi connectivity index (χ0n) is 10.6. The predicted molar refractivity (Wildman–Crippen MR) is 73.5 cm³/mol. The summed E-state index contributed by atoms with van der Waals surface area (Å²) in [6.07, 6.45) is 2.45. The van der Waals surface area contributed by atoms with Gasteiger partial charge in [-0.1, -0.05) is 56.7 Å². The van der Waals surface area contributed by atoms with Gasteiger partial charge in [0.25, 0.3) is 0 Å². The molecule has 0 aliphatic carbocycles. The Bertz CT molecular complexity index is 470. The van der Waals surface area contributed by atoms with Crippen LogP contribution in [0.25, 0.3) is 10.8 Å². The standard InChI is InChI=1S/C16H20O/c1-3-7-13(2)12-17-16-11-6-9-14-8-4-5-10-15(14)16/h4-6,8-11,13H,3,7,12H2,1-2H3. The number of rotatable bonds is 5. The lowest BCUT2D eigenvalue weighted by Gasteiger charge is -2.13. The molecule has 17 heavy (non-hydrogen) atoms. The van der Waals surface area contributed by atoms with Crippen molar-refractivity contribution >= 4 is 10.8 Å². The summed E-state index contributed by atoms with van der Waals surface area (Å²) >= 11 is 0. The largest absolute Gasteiger partial charge is 0.493 e. The van der Waals surface area contributed by atoms with Gasteiger partial charge in [-0.15, -0.1) is 0 Å². The maximum Gasteiger partial charge on any atom is 0.127 e. The van der Waals surface area contributed by atoms with Gasteiger partial charge in [0.1, 0.15) is 5.75 Å². The van der Waals surface area contributed by atoms with E-state index in [1.54, 1.807) is 0 Å². The molecule has 0 fully saturated rings. The Kier molecular flexibility index (Phi) is 4.03. The van der Waals surface area contributed by atoms with Crippen LogP contribution in [-0.4, -0.2) is 6.61 Å². The van der Waals surface area contributed by atoms with E-state index in [0.717, 1.165) is 12.4 Å². The van der Waals surface area contributed by atoms with Gasteiger partial charge in [0.05, 0.1) is 6.61 Å². The van der Waals surface area contributed by atoms with Crippen LogP contribution in [0.4, 0.5) is 0 Å². The van der Waals surface area contributed by atoms with E-state index in [4.69, 9.17) is 4.74 Å². The summed E-state index contributed by atoms with van der Waals surface area (Å²) in [4.78, 5) is 0. The third-order valence-electron chi connectivity index (χ3n) is 3.05. The summed E-state index contributed by atoms with van der Waals surface area (Å²) < 4.78 is 5.93. The number of hydrogen-bond donors (Lipinski definition) is 0. The highest BCUT2D eigenvalue weighted by atomic mass is 16.5. The van der Waals surface area contributed by atoms with Gasteiger partial charge in [-0.25, -0.2) is 0 Å². The Labute approximate surface area is 103 Å². The monoisotopic (exact) mass is 228 g/mol. The zero-order valence-corrected chi connectivity index (χ0v) is 10.6. The molecule has 1 atom stereocenters. The molecular weight excluding hydrogens is 208 g/mol. The van der Waals surface area contributed by atoms with Gasteiger partial charge in [-0.2, -0.15) is 0 Å². The fourth-order valence-electron chi connectivity index (χ4n) is 2.13. The highest BCUT2D eigenvalue weighted by Crippen LogP contribution is 2.25. The van der Waals surface area contributed by atoms with Crippen LogP contribution in [0, 0.1) is 5.92 Å². The fourth-order valence-corrected chi connectivity index (χ4v) is 2.13. The summed E-state index contributed by atoms with van der Waals surface area (Å²) in [6, 6.07) is 14.6. The van der Waals surface area contributed by atoms with Gasteiger partial charge in [0.2, 0.25) is 0 Å². The highest BCUT2D eigenvalue weighted by molar-refractivity contribution is 5.88. The van der Waals surface area contributed by atoms with Crippen molar-refractivity contribution in [2.75, 3.05) is 6.61 Å². The molecule has 0 radical (unpaired) electrons. The third kappa shape index (κ3) is 3.00. The molecule has 0 heterocycles. The first-order valence-corrected chi connectivity index (χ1v) is 6.42. The number of ether oxygens (including phenoxy) is 1. The van der Waals surface area contributed by atoms with E-state index in [0.29, 0.717) is 5.92 Å². The second-order valence-electron chi connectivity index (χ2n) is 4.68. The molecule has 0 aromatic heterocycles. The highest BCUT2D eigenvalue weighted by Gasteiger charge is 2.04. The van der Waals surface area contributed by atoms with Crippen LogP contribution in [0.15, 0.2) is 42.5 Å². The molecule has 2 rings (SSSR count). The minimum absolute atomic E-state index is 0.624. The molecule has 0 saturated heterocycles. The SMILES string of the molecule is CCCC(C)COc1cccc2ccccc12. The molecular formula is C16H20O. The lowest BCUT2D eigenvalue weighted by atomic mass is 10.1. The molecule has 2 aromatic rings. The van der Waals surface area contributed by atoms with E-state index < -0.39 is 0 Å². The second-order valence-corrected chi connectivity index (χ2v) is 4.68. The smallest absolute Gasteiger partial charge is 0.127 e. The van der Waals surface area contributed by atoms with Crippen molar-refractivity contribution in [3.8, 4) is 5.75 Å². The van der Waals surface area contributed by atoms with Crippen molar-refractivity contribution in [2.45, 2.75) is 26.7 Å². The third-order valence-corrected chi connectivity index (χ3v) is 3.05. The molecule has 0 spiro atoms. The maximum absolute atomic E-state index is 5.93. The predicted octanol–water partition coefficient (Wildman–Crippen LogP) is 4.65. The summed E-state index contributed by atoms with van der Waals surface area (Å²) in [7, 11) is 0. The van der Waals surface area contributed by atoms with Crippen LogP contribution in [0.3, 0.4) is 0 Å². The van der Waals surface area contributed by atoms with Crippen LogP contribution in [0.2, 0.25) is 0 Å². The molecule has 1 heteroatoms. The van der Waals surface area contributed by atoms with Crippen LogP contribution < -0.4 is 4.74 Å². The van der Waals surface area contributed by atoms with Crippen molar-refractivity contribution in [3.63, 3.8) is 0 Å². The maximum atomic E-state index is 5.93. The Morgan fingerprint density at radius 2 is 1.82 bits per heavy atom. The Morgan fingerprint density at radius 1 is 1.06 bits per heavy atom. The summed E-state index contributed by atoms with van der Waals surface area (Å²) in [6.45, 7) is 5.27. The van der Waals surface area contributed by atoms with Gasteiger partial charge in [-0.05, 0) is 23.8 Å². The molecule has 0 bridgehead atoms. The zero-order chi connectivity index (χ0) is 12.1. The first kappa shape index (κ1) is 12.0. The molecule has 0 amide bonds. The van der Waals surface area contributed by atoms with E-state index in [2.05, 4.69) is 56.3 Å². The normalized spacial score (nSPS) is 12.6. The Morgan fingerprint density at radius 3 is 2.65 bits per heavy atom. The van der Waals surface area contributed by atoms with Gasteiger partial charge >= 0.3 is 0 Å². The van der Waals surface area contributed by atoms with Gasteiger partial charge in [0.15, 0.2) is 0 Å². The molecule has 0 N–H and O–H groups in total. The average Bonchev–Trinajstić information content (AvgIpc) is 2.36. The fraction of sp³-hybridized carbons (Fsp3) is 0.375. The lowest BCUT2D eigenvalue weighted by molar-refractivity contribution is 0.254. The first-order chi connectivity index (χ1) is 8.31. The quantitative estimate of drug-likeness (QED) is 0.723. The molecule has 1 nitrogen and oxygen atoms in total. The van der Waals surface area contributed by atoms with Gasteiger partial charge in [-0.3, -0.25) is 0 Å². The molecule has 0 saturated carbocycles. The van der Waals surface area contributed by atoms with E-state index in [1.807, 2.05) is 0 Å².